The van der Waals surface area contributed by atoms with Gasteiger partial charge >= 0.3 is 6.03 Å². The largest absolute Gasteiger partial charge is 0.331 e. The van der Waals surface area contributed by atoms with Crippen LogP contribution in [0.25, 0.3) is 0 Å². The van der Waals surface area contributed by atoms with Gasteiger partial charge in [-0.3, -0.25) is 4.72 Å². The molecule has 0 spiro atoms. The van der Waals surface area contributed by atoms with Crippen LogP contribution in [0.3, 0.4) is 0 Å². The Kier molecular flexibility index (Phi) is 6.85. The highest BCUT2D eigenvalue weighted by molar-refractivity contribution is 7.92. The molecule has 1 aliphatic rings. The summed E-state index contributed by atoms with van der Waals surface area (Å²) in [7, 11) is -1.73. The number of urea groups is 1. The number of nitrogens with one attached hydrogen (secondary N) is 3. The van der Waals surface area contributed by atoms with Crippen LogP contribution in [0.2, 0.25) is 0 Å². The predicted octanol–water partition coefficient (Wildman–Crippen LogP) is 4.50. The van der Waals surface area contributed by atoms with Crippen molar-refractivity contribution in [1.82, 2.24) is 10.2 Å². The number of hydrogen-bond acceptors (Lipinski definition) is 4. The summed E-state index contributed by atoms with van der Waals surface area (Å²) in [5, 5.41) is 5.30. The minimum absolute atomic E-state index is 0.0793. The summed E-state index contributed by atoms with van der Waals surface area (Å²) in [5.74, 6) is -0.399. The topological polar surface area (TPSA) is 90.5 Å². The number of nitrogens with zero attached hydrogens (tertiary/aromatic N) is 1. The van der Waals surface area contributed by atoms with Crippen molar-refractivity contribution in [2.45, 2.75) is 30.8 Å². The van der Waals surface area contributed by atoms with Gasteiger partial charge in [-0.1, -0.05) is 24.3 Å². The number of sulfonamides is 1. The van der Waals surface area contributed by atoms with Crippen molar-refractivity contribution in [1.29, 1.82) is 0 Å². The molecular weight excluding hydrogens is 455 g/mol. The van der Waals surface area contributed by atoms with Gasteiger partial charge < -0.3 is 15.5 Å². The molecule has 34 heavy (non-hydrogen) atoms. The Balaban J connectivity index is 1.39. The number of halogens is 1. The molecule has 1 unspecified atom stereocenters. The molecule has 1 atom stereocenters. The maximum absolute atomic E-state index is 13.9. The van der Waals surface area contributed by atoms with E-state index in [1.54, 1.807) is 31.2 Å². The van der Waals surface area contributed by atoms with Gasteiger partial charge in [0.1, 0.15) is 5.82 Å². The van der Waals surface area contributed by atoms with Gasteiger partial charge in [-0.25, -0.2) is 17.6 Å². The Morgan fingerprint density at radius 1 is 1.00 bits per heavy atom. The molecule has 9 heteroatoms. The third-order valence-corrected chi connectivity index (χ3v) is 7.20. The molecule has 0 aliphatic carbocycles. The summed E-state index contributed by atoms with van der Waals surface area (Å²) >= 11 is 0. The predicted molar refractivity (Wildman–Crippen MR) is 131 cm³/mol. The number of amides is 2. The summed E-state index contributed by atoms with van der Waals surface area (Å²) < 4.78 is 42.2. The van der Waals surface area contributed by atoms with Gasteiger partial charge in [-0.05, 0) is 74.0 Å². The van der Waals surface area contributed by atoms with E-state index in [1.165, 1.54) is 35.9 Å². The third-order valence-electron chi connectivity index (χ3n) is 5.80. The molecule has 3 N–H and O–H groups in total. The molecule has 0 bridgehead atoms. The summed E-state index contributed by atoms with van der Waals surface area (Å²) in [4.78, 5) is 14.6. The first-order valence-electron chi connectivity index (χ1n) is 11.0. The second kappa shape index (κ2) is 9.82. The van der Waals surface area contributed by atoms with Crippen molar-refractivity contribution in [3.63, 3.8) is 0 Å². The van der Waals surface area contributed by atoms with E-state index in [1.807, 2.05) is 12.1 Å². The SMILES string of the molecule is CC(NC(=O)Nc1ccc(S(=O)(=O)Nc2ccc3c(c2)CCN(C)C3)cc1)c1ccccc1F. The van der Waals surface area contributed by atoms with Gasteiger partial charge in [-0.2, -0.15) is 0 Å². The standard InChI is InChI=1S/C25H27FN4O3S/c1-17(23-5-3-4-6-24(23)26)27-25(31)28-20-9-11-22(12-10-20)34(32,33)29-21-8-7-19-16-30(2)14-13-18(19)15-21/h3-12,15,17,29H,13-14,16H2,1-2H3,(H2,27,28,31). The zero-order valence-corrected chi connectivity index (χ0v) is 19.8. The molecule has 0 fully saturated rings. The lowest BCUT2D eigenvalue weighted by Gasteiger charge is -2.25. The Hall–Kier alpha value is -3.43. The van der Waals surface area contributed by atoms with E-state index in [4.69, 9.17) is 0 Å². The average Bonchev–Trinajstić information content (AvgIpc) is 2.79. The zero-order chi connectivity index (χ0) is 24.3. The van der Waals surface area contributed by atoms with Crippen molar-refractivity contribution < 1.29 is 17.6 Å². The maximum atomic E-state index is 13.9. The molecular formula is C25H27FN4O3S. The van der Waals surface area contributed by atoms with E-state index < -0.39 is 27.9 Å². The number of benzene rings is 3. The van der Waals surface area contributed by atoms with Crippen LogP contribution in [-0.4, -0.2) is 32.9 Å². The van der Waals surface area contributed by atoms with Crippen LogP contribution in [0.15, 0.2) is 71.6 Å². The van der Waals surface area contributed by atoms with Crippen molar-refractivity contribution in [3.8, 4) is 0 Å². The molecule has 0 aromatic heterocycles. The summed E-state index contributed by atoms with van der Waals surface area (Å²) in [5.41, 5.74) is 3.66. The number of rotatable bonds is 6. The van der Waals surface area contributed by atoms with Crippen molar-refractivity contribution >= 4 is 27.4 Å². The smallest absolute Gasteiger partial charge is 0.319 e. The first-order chi connectivity index (χ1) is 16.2. The minimum Gasteiger partial charge on any atom is -0.331 e. The third kappa shape index (κ3) is 5.55. The lowest BCUT2D eigenvalue weighted by atomic mass is 10.00. The van der Waals surface area contributed by atoms with E-state index >= 15 is 0 Å². The zero-order valence-electron chi connectivity index (χ0n) is 19.0. The van der Waals surface area contributed by atoms with Crippen LogP contribution in [-0.2, 0) is 23.0 Å². The highest BCUT2D eigenvalue weighted by Crippen LogP contribution is 2.24. The Morgan fingerprint density at radius 2 is 1.71 bits per heavy atom. The van der Waals surface area contributed by atoms with Crippen molar-refractivity contribution in [2.75, 3.05) is 23.6 Å². The molecule has 178 valence electrons. The van der Waals surface area contributed by atoms with E-state index in [0.717, 1.165) is 25.1 Å². The number of anilines is 2. The van der Waals surface area contributed by atoms with Crippen LogP contribution in [0.1, 0.15) is 29.7 Å². The van der Waals surface area contributed by atoms with Crippen LogP contribution in [0.5, 0.6) is 0 Å². The highest BCUT2D eigenvalue weighted by Gasteiger charge is 2.18. The lowest BCUT2D eigenvalue weighted by molar-refractivity contribution is 0.249. The number of carbonyl (C=O) groups is 1. The molecule has 1 heterocycles. The first kappa shape index (κ1) is 23.7. The van der Waals surface area contributed by atoms with E-state index in [2.05, 4.69) is 27.3 Å². The number of likely N-dealkylation sites (N-methyl/N-ethyl adjacent to an activating group) is 1. The fourth-order valence-electron chi connectivity index (χ4n) is 3.96. The van der Waals surface area contributed by atoms with Crippen molar-refractivity contribution in [2.24, 2.45) is 0 Å². The average molecular weight is 483 g/mol. The highest BCUT2D eigenvalue weighted by atomic mass is 32.2. The van der Waals surface area contributed by atoms with Gasteiger partial charge in [0.2, 0.25) is 0 Å². The molecule has 3 aromatic rings. The van der Waals surface area contributed by atoms with Gasteiger partial charge in [0.25, 0.3) is 10.0 Å². The van der Waals surface area contributed by atoms with E-state index in [-0.39, 0.29) is 4.90 Å². The Labute approximate surface area is 199 Å². The quantitative estimate of drug-likeness (QED) is 0.483. The van der Waals surface area contributed by atoms with Crippen molar-refractivity contribution in [3.05, 3.63) is 89.2 Å². The lowest BCUT2D eigenvalue weighted by Crippen LogP contribution is -2.31. The van der Waals surface area contributed by atoms with Crippen LogP contribution in [0, 0.1) is 5.82 Å². The molecule has 3 aromatic carbocycles. The van der Waals surface area contributed by atoms with Gasteiger partial charge in [0, 0.05) is 30.0 Å². The minimum atomic E-state index is -3.79. The number of fused-ring (bicyclic) bond motifs is 1. The number of carbonyl (C=O) groups excluding carboxylic acids is 1. The second-order valence-corrected chi connectivity index (χ2v) is 10.1. The fourth-order valence-corrected chi connectivity index (χ4v) is 5.01. The van der Waals surface area contributed by atoms with E-state index in [0.29, 0.717) is 16.9 Å². The van der Waals surface area contributed by atoms with Crippen LogP contribution >= 0.6 is 0 Å². The molecule has 4 rings (SSSR count). The molecule has 0 radical (unpaired) electrons. The molecule has 1 aliphatic heterocycles. The van der Waals surface area contributed by atoms with E-state index in [9.17, 15) is 17.6 Å². The maximum Gasteiger partial charge on any atom is 0.319 e. The first-order valence-corrected chi connectivity index (χ1v) is 12.4. The normalized spacial score (nSPS) is 14.7. The number of hydrogen-bond donors (Lipinski definition) is 3. The monoisotopic (exact) mass is 482 g/mol. The van der Waals surface area contributed by atoms with Crippen LogP contribution < -0.4 is 15.4 Å². The van der Waals surface area contributed by atoms with Gasteiger partial charge in [0.15, 0.2) is 0 Å². The second-order valence-electron chi connectivity index (χ2n) is 8.44. The van der Waals surface area contributed by atoms with Gasteiger partial charge in [-0.15, -0.1) is 0 Å². The summed E-state index contributed by atoms with van der Waals surface area (Å²) in [6.07, 6.45) is 0.874. The Morgan fingerprint density at radius 3 is 2.44 bits per heavy atom. The fraction of sp³-hybridized carbons (Fsp3) is 0.240. The molecule has 7 nitrogen and oxygen atoms in total. The Bertz CT molecular complexity index is 1300. The molecule has 0 saturated heterocycles. The van der Waals surface area contributed by atoms with Gasteiger partial charge in [0.05, 0.1) is 10.9 Å². The summed E-state index contributed by atoms with van der Waals surface area (Å²) in [6.45, 7) is 3.46. The van der Waals surface area contributed by atoms with Crippen LogP contribution in [0.4, 0.5) is 20.6 Å². The molecule has 0 saturated carbocycles. The molecule has 2 amide bonds. The summed E-state index contributed by atoms with van der Waals surface area (Å²) in [6, 6.07) is 16.6.